The number of hydrogen-bond donors (Lipinski definition) is 2. The van der Waals surface area contributed by atoms with Crippen LogP contribution in [-0.2, 0) is 19.5 Å². The van der Waals surface area contributed by atoms with Gasteiger partial charge in [-0.25, -0.2) is 9.97 Å². The lowest BCUT2D eigenvalue weighted by atomic mass is 10.0. The van der Waals surface area contributed by atoms with Crippen LogP contribution in [0.2, 0.25) is 0 Å². The van der Waals surface area contributed by atoms with Crippen molar-refractivity contribution in [2.45, 2.75) is 19.5 Å². The zero-order valence-electron chi connectivity index (χ0n) is 20.6. The van der Waals surface area contributed by atoms with Gasteiger partial charge in [0.05, 0.1) is 11.0 Å². The van der Waals surface area contributed by atoms with Gasteiger partial charge in [0, 0.05) is 23.9 Å². The van der Waals surface area contributed by atoms with Crippen LogP contribution in [0.1, 0.15) is 22.3 Å². The number of nitrogens with zero attached hydrogens (tertiary/aromatic N) is 2. The van der Waals surface area contributed by atoms with E-state index in [4.69, 9.17) is 9.97 Å². The largest absolute Gasteiger partial charge is 0.366 e. The van der Waals surface area contributed by atoms with Crippen LogP contribution in [0.5, 0.6) is 0 Å². The normalized spacial score (nSPS) is 11.0. The molecule has 0 atom stereocenters. The Balaban J connectivity index is 1.02. The van der Waals surface area contributed by atoms with Gasteiger partial charge in [-0.1, -0.05) is 84.9 Å². The standard InChI is InChI=1S/C33H28N4/c1-3-7-30-28(5-1)17-19-32(36-30)34-22-26-13-9-24(10-14-26)21-25-11-15-27(16-12-25)23-35-33-20-18-29-6-2-4-8-31(29)37-33/h1-20H,21-23H2,(H,34,36)(H,35,37). The van der Waals surface area contributed by atoms with E-state index < -0.39 is 0 Å². The molecule has 6 rings (SSSR count). The molecule has 0 saturated heterocycles. The first kappa shape index (κ1) is 22.7. The third-order valence-corrected chi connectivity index (χ3v) is 6.60. The number of aromatic nitrogens is 2. The minimum atomic E-state index is 0.749. The van der Waals surface area contributed by atoms with Gasteiger partial charge in [0.15, 0.2) is 0 Å². The van der Waals surface area contributed by atoms with Gasteiger partial charge < -0.3 is 10.6 Å². The van der Waals surface area contributed by atoms with E-state index in [9.17, 15) is 0 Å². The van der Waals surface area contributed by atoms with Crippen molar-refractivity contribution >= 4 is 33.4 Å². The van der Waals surface area contributed by atoms with E-state index >= 15 is 0 Å². The summed E-state index contributed by atoms with van der Waals surface area (Å²) in [6, 6.07) is 42.3. The molecule has 0 aliphatic rings. The van der Waals surface area contributed by atoms with E-state index in [1.807, 2.05) is 48.5 Å². The molecule has 2 aromatic heterocycles. The quantitative estimate of drug-likeness (QED) is 0.235. The summed E-state index contributed by atoms with van der Waals surface area (Å²) in [5.74, 6) is 1.79. The fraction of sp³-hybridized carbons (Fsp3) is 0.0909. The minimum absolute atomic E-state index is 0.749. The molecule has 0 aliphatic heterocycles. The first-order valence-corrected chi connectivity index (χ1v) is 12.6. The second kappa shape index (κ2) is 10.5. The maximum absolute atomic E-state index is 4.69. The van der Waals surface area contributed by atoms with E-state index in [-0.39, 0.29) is 0 Å². The lowest BCUT2D eigenvalue weighted by Crippen LogP contribution is -2.02. The van der Waals surface area contributed by atoms with Crippen molar-refractivity contribution < 1.29 is 0 Å². The summed E-state index contributed by atoms with van der Waals surface area (Å²) in [4.78, 5) is 9.39. The Labute approximate surface area is 217 Å². The Bertz CT molecular complexity index is 1520. The Morgan fingerprint density at radius 3 is 1.27 bits per heavy atom. The Kier molecular flexibility index (Phi) is 6.46. The van der Waals surface area contributed by atoms with E-state index in [1.54, 1.807) is 0 Å². The molecule has 0 fully saturated rings. The van der Waals surface area contributed by atoms with E-state index in [0.29, 0.717) is 0 Å². The number of hydrogen-bond acceptors (Lipinski definition) is 4. The predicted octanol–water partition coefficient (Wildman–Crippen LogP) is 7.60. The van der Waals surface area contributed by atoms with Crippen molar-refractivity contribution in [1.29, 1.82) is 0 Å². The number of anilines is 2. The average molecular weight is 481 g/mol. The van der Waals surface area contributed by atoms with Crippen LogP contribution in [0.15, 0.2) is 121 Å². The average Bonchev–Trinajstić information content (AvgIpc) is 2.96. The SMILES string of the molecule is c1ccc2nc(NCc3ccc(Cc4ccc(CNc5ccc6ccccc6n5)cc4)cc3)ccc2c1. The maximum atomic E-state index is 4.69. The van der Waals surface area contributed by atoms with Crippen molar-refractivity contribution in [2.24, 2.45) is 0 Å². The van der Waals surface area contributed by atoms with Gasteiger partial charge in [0.25, 0.3) is 0 Å². The molecule has 37 heavy (non-hydrogen) atoms. The summed E-state index contributed by atoms with van der Waals surface area (Å²) < 4.78 is 0. The second-order valence-corrected chi connectivity index (χ2v) is 9.30. The number of pyridine rings is 2. The van der Waals surface area contributed by atoms with Crippen molar-refractivity contribution in [3.63, 3.8) is 0 Å². The highest BCUT2D eigenvalue weighted by molar-refractivity contribution is 5.80. The molecule has 0 bridgehead atoms. The summed E-state index contributed by atoms with van der Waals surface area (Å²) in [7, 11) is 0. The second-order valence-electron chi connectivity index (χ2n) is 9.30. The third-order valence-electron chi connectivity index (χ3n) is 6.60. The molecule has 2 N–H and O–H groups in total. The number of fused-ring (bicyclic) bond motifs is 2. The van der Waals surface area contributed by atoms with Gasteiger partial charge in [-0.2, -0.15) is 0 Å². The van der Waals surface area contributed by atoms with E-state index in [2.05, 4.69) is 83.4 Å². The number of rotatable bonds is 8. The van der Waals surface area contributed by atoms with Gasteiger partial charge in [-0.05, 0) is 65.1 Å². The molecule has 0 aliphatic carbocycles. The van der Waals surface area contributed by atoms with Crippen molar-refractivity contribution in [3.05, 3.63) is 144 Å². The Morgan fingerprint density at radius 1 is 0.405 bits per heavy atom. The molecular weight excluding hydrogens is 452 g/mol. The highest BCUT2D eigenvalue weighted by atomic mass is 15.0. The van der Waals surface area contributed by atoms with Crippen LogP contribution >= 0.6 is 0 Å². The molecule has 2 heterocycles. The summed E-state index contributed by atoms with van der Waals surface area (Å²) in [6.45, 7) is 1.50. The topological polar surface area (TPSA) is 49.8 Å². The number of para-hydroxylation sites is 2. The highest BCUT2D eigenvalue weighted by Gasteiger charge is 2.02. The first-order valence-electron chi connectivity index (χ1n) is 12.6. The van der Waals surface area contributed by atoms with Crippen molar-refractivity contribution in [1.82, 2.24) is 9.97 Å². The van der Waals surface area contributed by atoms with Crippen LogP contribution < -0.4 is 10.6 Å². The summed E-state index contributed by atoms with van der Waals surface area (Å²) >= 11 is 0. The highest BCUT2D eigenvalue weighted by Crippen LogP contribution is 2.18. The molecule has 0 saturated carbocycles. The summed E-state index contributed by atoms with van der Waals surface area (Å²) in [5, 5.41) is 9.19. The molecule has 0 radical (unpaired) electrons. The molecule has 4 aromatic carbocycles. The van der Waals surface area contributed by atoms with Crippen LogP contribution in [-0.4, -0.2) is 9.97 Å². The van der Waals surface area contributed by atoms with Crippen molar-refractivity contribution in [3.8, 4) is 0 Å². The zero-order valence-corrected chi connectivity index (χ0v) is 20.6. The van der Waals surface area contributed by atoms with Gasteiger partial charge >= 0.3 is 0 Å². The van der Waals surface area contributed by atoms with Crippen LogP contribution in [0.4, 0.5) is 11.6 Å². The molecule has 0 amide bonds. The molecule has 0 spiro atoms. The molecule has 0 unspecified atom stereocenters. The third kappa shape index (κ3) is 5.60. The lowest BCUT2D eigenvalue weighted by Gasteiger charge is -2.09. The molecule has 180 valence electrons. The van der Waals surface area contributed by atoms with Crippen molar-refractivity contribution in [2.75, 3.05) is 10.6 Å². The van der Waals surface area contributed by atoms with Crippen LogP contribution in [0.25, 0.3) is 21.8 Å². The van der Waals surface area contributed by atoms with Gasteiger partial charge in [0.1, 0.15) is 11.6 Å². The van der Waals surface area contributed by atoms with Gasteiger partial charge in [0.2, 0.25) is 0 Å². The first-order chi connectivity index (χ1) is 18.3. The molecule has 6 aromatic rings. The van der Waals surface area contributed by atoms with E-state index in [1.165, 1.54) is 22.3 Å². The maximum Gasteiger partial charge on any atom is 0.126 e. The monoisotopic (exact) mass is 480 g/mol. The zero-order chi connectivity index (χ0) is 24.9. The van der Waals surface area contributed by atoms with Gasteiger partial charge in [-0.3, -0.25) is 0 Å². The minimum Gasteiger partial charge on any atom is -0.366 e. The van der Waals surface area contributed by atoms with Gasteiger partial charge in [-0.15, -0.1) is 0 Å². The number of nitrogens with one attached hydrogen (secondary N) is 2. The summed E-state index contributed by atoms with van der Waals surface area (Å²) in [5.41, 5.74) is 7.10. The molecule has 4 nitrogen and oxygen atoms in total. The van der Waals surface area contributed by atoms with Crippen LogP contribution in [0, 0.1) is 0 Å². The molecular formula is C33H28N4. The van der Waals surface area contributed by atoms with Crippen LogP contribution in [0.3, 0.4) is 0 Å². The Hall–Kier alpha value is -4.70. The predicted molar refractivity (Wildman–Crippen MR) is 154 cm³/mol. The lowest BCUT2D eigenvalue weighted by molar-refractivity contribution is 1.10. The fourth-order valence-corrected chi connectivity index (χ4v) is 4.50. The number of benzene rings is 4. The smallest absolute Gasteiger partial charge is 0.126 e. The fourth-order valence-electron chi connectivity index (χ4n) is 4.50. The molecule has 4 heteroatoms. The summed E-state index contributed by atoms with van der Waals surface area (Å²) in [6.07, 6.45) is 0.917. The Morgan fingerprint density at radius 2 is 0.811 bits per heavy atom. The van der Waals surface area contributed by atoms with E-state index in [0.717, 1.165) is 53.0 Å².